The first-order chi connectivity index (χ1) is 10.7. The Morgan fingerprint density at radius 3 is 2.91 bits per heavy atom. The summed E-state index contributed by atoms with van der Waals surface area (Å²) in [4.78, 5) is 18.6. The van der Waals surface area contributed by atoms with E-state index in [9.17, 15) is 5.11 Å². The van der Waals surface area contributed by atoms with Crippen molar-refractivity contribution in [3.63, 3.8) is 0 Å². The van der Waals surface area contributed by atoms with Crippen LogP contribution in [0.4, 0.5) is 0 Å². The van der Waals surface area contributed by atoms with Gasteiger partial charge in [-0.3, -0.25) is 14.9 Å². The molecule has 0 amide bonds. The molecule has 6 nitrogen and oxygen atoms in total. The van der Waals surface area contributed by atoms with Gasteiger partial charge in [-0.15, -0.1) is 0 Å². The van der Waals surface area contributed by atoms with Gasteiger partial charge in [-0.25, -0.2) is 4.98 Å². The number of nitrogens with zero attached hydrogens (tertiary/aromatic N) is 4. The predicted molar refractivity (Wildman–Crippen MR) is 83.2 cm³/mol. The molecule has 1 aliphatic rings. The number of aliphatic hydroxyl groups is 1. The van der Waals surface area contributed by atoms with Gasteiger partial charge in [0.25, 0.3) is 0 Å². The zero-order valence-corrected chi connectivity index (χ0v) is 13.2. The number of aromatic amines is 1. The standard InChI is InChI=1S/C16H23N5O/c1-3-16-19-11(2)14(20-16)9-21-8-12(15(22)10-21)6-13-7-17-4-5-18-13/h4-5,7,12,15,22H,3,6,8-10H2,1-2H3,(H,19,20)/t12-,15-/m1/s1. The third kappa shape index (κ3) is 3.34. The van der Waals surface area contributed by atoms with Crippen molar-refractivity contribution >= 4 is 0 Å². The van der Waals surface area contributed by atoms with Gasteiger partial charge >= 0.3 is 0 Å². The van der Waals surface area contributed by atoms with E-state index in [0.717, 1.165) is 48.8 Å². The summed E-state index contributed by atoms with van der Waals surface area (Å²) in [6.45, 7) is 6.50. The Kier molecular flexibility index (Phi) is 4.49. The number of aliphatic hydroxyl groups excluding tert-OH is 1. The van der Waals surface area contributed by atoms with E-state index in [0.29, 0.717) is 6.54 Å². The van der Waals surface area contributed by atoms with Crippen LogP contribution < -0.4 is 0 Å². The molecular weight excluding hydrogens is 278 g/mol. The van der Waals surface area contributed by atoms with Gasteiger partial charge in [-0.05, 0) is 13.3 Å². The van der Waals surface area contributed by atoms with E-state index in [1.165, 1.54) is 0 Å². The van der Waals surface area contributed by atoms with E-state index in [1.807, 2.05) is 0 Å². The molecule has 0 saturated carbocycles. The molecule has 2 N–H and O–H groups in total. The molecule has 22 heavy (non-hydrogen) atoms. The Morgan fingerprint density at radius 1 is 1.36 bits per heavy atom. The van der Waals surface area contributed by atoms with Gasteiger partial charge in [0.05, 0.1) is 17.5 Å². The molecule has 1 aliphatic heterocycles. The van der Waals surface area contributed by atoms with Crippen molar-refractivity contribution in [2.45, 2.75) is 39.3 Å². The van der Waals surface area contributed by atoms with Crippen molar-refractivity contribution in [2.75, 3.05) is 13.1 Å². The van der Waals surface area contributed by atoms with Crippen LogP contribution in [0.1, 0.15) is 29.8 Å². The smallest absolute Gasteiger partial charge is 0.106 e. The molecule has 0 unspecified atom stereocenters. The second-order valence-corrected chi connectivity index (χ2v) is 6.03. The van der Waals surface area contributed by atoms with Crippen molar-refractivity contribution in [2.24, 2.45) is 5.92 Å². The number of rotatable bonds is 5. The Bertz CT molecular complexity index is 612. The lowest BCUT2D eigenvalue weighted by Gasteiger charge is -2.14. The molecule has 0 spiro atoms. The fraction of sp³-hybridized carbons (Fsp3) is 0.562. The summed E-state index contributed by atoms with van der Waals surface area (Å²) in [5.41, 5.74) is 3.16. The highest BCUT2D eigenvalue weighted by Crippen LogP contribution is 2.22. The fourth-order valence-corrected chi connectivity index (χ4v) is 3.07. The SMILES string of the molecule is CCc1nc(CN2C[C@@H](Cc3cnccn3)[C@H](O)C2)c(C)[nH]1. The van der Waals surface area contributed by atoms with Crippen molar-refractivity contribution in [3.8, 4) is 0 Å². The topological polar surface area (TPSA) is 77.9 Å². The Balaban J connectivity index is 1.61. The first-order valence-electron chi connectivity index (χ1n) is 7.85. The Morgan fingerprint density at radius 2 is 2.23 bits per heavy atom. The van der Waals surface area contributed by atoms with Crippen LogP contribution in [0.2, 0.25) is 0 Å². The summed E-state index contributed by atoms with van der Waals surface area (Å²) in [5.74, 6) is 1.24. The van der Waals surface area contributed by atoms with Gasteiger partial charge in [0, 0.05) is 56.3 Å². The van der Waals surface area contributed by atoms with Crippen LogP contribution >= 0.6 is 0 Å². The number of imidazole rings is 1. The average molecular weight is 301 g/mol. The van der Waals surface area contributed by atoms with Crippen LogP contribution in [0.25, 0.3) is 0 Å². The number of aryl methyl sites for hydroxylation is 2. The van der Waals surface area contributed by atoms with E-state index in [-0.39, 0.29) is 12.0 Å². The van der Waals surface area contributed by atoms with Crippen molar-refractivity contribution in [1.29, 1.82) is 0 Å². The van der Waals surface area contributed by atoms with Crippen molar-refractivity contribution in [1.82, 2.24) is 24.8 Å². The predicted octanol–water partition coefficient (Wildman–Crippen LogP) is 1.11. The van der Waals surface area contributed by atoms with Crippen LogP contribution in [0, 0.1) is 12.8 Å². The van der Waals surface area contributed by atoms with Crippen LogP contribution in [0.5, 0.6) is 0 Å². The molecule has 0 radical (unpaired) electrons. The zero-order chi connectivity index (χ0) is 15.5. The van der Waals surface area contributed by atoms with Gasteiger partial charge in [-0.2, -0.15) is 0 Å². The van der Waals surface area contributed by atoms with Crippen LogP contribution in [0.15, 0.2) is 18.6 Å². The Labute approximate surface area is 130 Å². The number of hydrogen-bond acceptors (Lipinski definition) is 5. The molecule has 2 aromatic rings. The molecule has 1 fully saturated rings. The molecule has 0 bridgehead atoms. The monoisotopic (exact) mass is 301 g/mol. The van der Waals surface area contributed by atoms with Crippen LogP contribution in [-0.2, 0) is 19.4 Å². The number of aromatic nitrogens is 4. The number of hydrogen-bond donors (Lipinski definition) is 2. The minimum Gasteiger partial charge on any atom is -0.391 e. The summed E-state index contributed by atoms with van der Waals surface area (Å²) in [6.07, 6.45) is 6.53. The highest BCUT2D eigenvalue weighted by Gasteiger charge is 2.32. The Hall–Kier alpha value is -1.79. The summed E-state index contributed by atoms with van der Waals surface area (Å²) < 4.78 is 0. The first-order valence-corrected chi connectivity index (χ1v) is 7.85. The highest BCUT2D eigenvalue weighted by molar-refractivity contribution is 5.13. The van der Waals surface area contributed by atoms with Gasteiger partial charge < -0.3 is 10.1 Å². The quantitative estimate of drug-likeness (QED) is 0.865. The summed E-state index contributed by atoms with van der Waals surface area (Å²) >= 11 is 0. The molecule has 2 atom stereocenters. The van der Waals surface area contributed by atoms with E-state index >= 15 is 0 Å². The highest BCUT2D eigenvalue weighted by atomic mass is 16.3. The van der Waals surface area contributed by atoms with E-state index in [2.05, 4.69) is 38.7 Å². The average Bonchev–Trinajstić information content (AvgIpc) is 3.04. The molecule has 0 aromatic carbocycles. The first kappa shape index (κ1) is 15.1. The summed E-state index contributed by atoms with van der Waals surface area (Å²) in [6, 6.07) is 0. The third-order valence-electron chi connectivity index (χ3n) is 4.31. The second-order valence-electron chi connectivity index (χ2n) is 6.03. The number of H-pyrrole nitrogens is 1. The van der Waals surface area contributed by atoms with Gasteiger partial charge in [-0.1, -0.05) is 6.92 Å². The van der Waals surface area contributed by atoms with E-state index in [1.54, 1.807) is 18.6 Å². The molecular formula is C16H23N5O. The molecule has 1 saturated heterocycles. The number of β-amino-alcohol motifs (C(OH)–C–C–N with tert-alkyl or cyclic N) is 1. The molecule has 2 aromatic heterocycles. The van der Waals surface area contributed by atoms with Gasteiger partial charge in [0.1, 0.15) is 5.82 Å². The zero-order valence-electron chi connectivity index (χ0n) is 13.2. The minimum absolute atomic E-state index is 0.210. The van der Waals surface area contributed by atoms with Crippen molar-refractivity contribution in [3.05, 3.63) is 41.5 Å². The normalized spacial score (nSPS) is 22.3. The fourth-order valence-electron chi connectivity index (χ4n) is 3.07. The minimum atomic E-state index is -0.313. The van der Waals surface area contributed by atoms with Crippen LogP contribution in [0.3, 0.4) is 0 Å². The van der Waals surface area contributed by atoms with Gasteiger partial charge in [0.2, 0.25) is 0 Å². The molecule has 6 heteroatoms. The summed E-state index contributed by atoms with van der Waals surface area (Å²) in [7, 11) is 0. The molecule has 0 aliphatic carbocycles. The van der Waals surface area contributed by atoms with Crippen molar-refractivity contribution < 1.29 is 5.11 Å². The third-order valence-corrected chi connectivity index (χ3v) is 4.31. The van der Waals surface area contributed by atoms with E-state index < -0.39 is 0 Å². The van der Waals surface area contributed by atoms with Crippen LogP contribution in [-0.4, -0.2) is 49.1 Å². The summed E-state index contributed by atoms with van der Waals surface area (Å²) in [5, 5.41) is 10.3. The maximum Gasteiger partial charge on any atom is 0.106 e. The number of nitrogens with one attached hydrogen (secondary N) is 1. The second kappa shape index (κ2) is 6.54. The molecule has 118 valence electrons. The molecule has 3 rings (SSSR count). The largest absolute Gasteiger partial charge is 0.391 e. The maximum atomic E-state index is 10.3. The lowest BCUT2D eigenvalue weighted by molar-refractivity contribution is 0.140. The van der Waals surface area contributed by atoms with Gasteiger partial charge in [0.15, 0.2) is 0 Å². The number of likely N-dealkylation sites (tertiary alicyclic amines) is 1. The lowest BCUT2D eigenvalue weighted by atomic mass is 10.0. The van der Waals surface area contributed by atoms with E-state index in [4.69, 9.17) is 0 Å². The lowest BCUT2D eigenvalue weighted by Crippen LogP contribution is -2.22. The molecule has 3 heterocycles. The maximum absolute atomic E-state index is 10.3.